The van der Waals surface area contributed by atoms with E-state index in [1.807, 2.05) is 0 Å². The van der Waals surface area contributed by atoms with Crippen LogP contribution in [0.5, 0.6) is 0 Å². The van der Waals surface area contributed by atoms with Gasteiger partial charge in [0.1, 0.15) is 0 Å². The largest absolute Gasteiger partial charge is 0.239 e. The van der Waals surface area contributed by atoms with Gasteiger partial charge in [-0.3, -0.25) is 0 Å². The molecule has 0 aromatic carbocycles. The second-order valence-corrected chi connectivity index (χ2v) is 1.61. The molecule has 0 bridgehead atoms. The van der Waals surface area contributed by atoms with Gasteiger partial charge in [0.15, 0.2) is 5.82 Å². The lowest BCUT2D eigenvalue weighted by molar-refractivity contribution is 0.515. The molecule has 0 N–H and O–H groups in total. The van der Waals surface area contributed by atoms with Gasteiger partial charge in [-0.05, 0) is 6.92 Å². The molecule has 1 aromatic rings. The molecule has 0 aliphatic carbocycles. The highest BCUT2D eigenvalue weighted by Crippen LogP contribution is 2.03. The van der Waals surface area contributed by atoms with Gasteiger partial charge in [-0.1, -0.05) is 0 Å². The molecule has 0 aliphatic rings. The highest BCUT2D eigenvalue weighted by molar-refractivity contribution is 5.06. The first-order valence-electron chi connectivity index (χ1n) is 2.35. The number of hydrogen-bond acceptors (Lipinski definition) is 2. The van der Waals surface area contributed by atoms with Crippen LogP contribution >= 0.6 is 0 Å². The predicted molar refractivity (Wildman–Crippen MR) is 26.7 cm³/mol. The Bertz CT molecular complexity index is 204. The zero-order valence-electron chi connectivity index (χ0n) is 4.73. The van der Waals surface area contributed by atoms with Crippen molar-refractivity contribution in [3.8, 4) is 0 Å². The third-order valence-electron chi connectivity index (χ3n) is 0.984. The molecule has 0 saturated carbocycles. The lowest BCUT2D eigenvalue weighted by atomic mass is 10.3. The third-order valence-corrected chi connectivity index (χ3v) is 0.984. The summed E-state index contributed by atoms with van der Waals surface area (Å²) in [4.78, 5) is 0. The van der Waals surface area contributed by atoms with Crippen molar-refractivity contribution in [1.29, 1.82) is 0 Å². The van der Waals surface area contributed by atoms with Crippen molar-refractivity contribution in [2.45, 2.75) is 6.92 Å². The molecule has 9 heavy (non-hydrogen) atoms. The van der Waals surface area contributed by atoms with Crippen LogP contribution in [-0.2, 0) is 0 Å². The van der Waals surface area contributed by atoms with Crippen LogP contribution in [0.15, 0.2) is 6.20 Å². The molecule has 2 nitrogen and oxygen atoms in total. The van der Waals surface area contributed by atoms with E-state index in [2.05, 4.69) is 10.2 Å². The minimum Gasteiger partial charge on any atom is -0.205 e. The lowest BCUT2D eigenvalue weighted by Gasteiger charge is -1.91. The topological polar surface area (TPSA) is 25.8 Å². The Morgan fingerprint density at radius 2 is 2.11 bits per heavy atom. The van der Waals surface area contributed by atoms with Crippen molar-refractivity contribution in [1.82, 2.24) is 10.2 Å². The van der Waals surface area contributed by atoms with Gasteiger partial charge in [-0.25, -0.2) is 4.39 Å². The van der Waals surface area contributed by atoms with E-state index in [0.29, 0.717) is 0 Å². The second kappa shape index (κ2) is 2.05. The van der Waals surface area contributed by atoms with Crippen molar-refractivity contribution in [3.63, 3.8) is 0 Å². The van der Waals surface area contributed by atoms with E-state index < -0.39 is 11.8 Å². The molecule has 1 aromatic heterocycles. The van der Waals surface area contributed by atoms with E-state index in [1.165, 1.54) is 6.92 Å². The van der Waals surface area contributed by atoms with E-state index in [0.717, 1.165) is 6.20 Å². The lowest BCUT2D eigenvalue weighted by Crippen LogP contribution is -1.94. The van der Waals surface area contributed by atoms with E-state index in [1.54, 1.807) is 0 Å². The van der Waals surface area contributed by atoms with Gasteiger partial charge in [0.2, 0.25) is 5.95 Å². The fourth-order valence-corrected chi connectivity index (χ4v) is 0.401. The van der Waals surface area contributed by atoms with Gasteiger partial charge >= 0.3 is 0 Å². The summed E-state index contributed by atoms with van der Waals surface area (Å²) in [5.41, 5.74) is -0.0926. The molecule has 48 valence electrons. The monoisotopic (exact) mass is 130 g/mol. The van der Waals surface area contributed by atoms with Gasteiger partial charge in [-0.2, -0.15) is 9.49 Å². The van der Waals surface area contributed by atoms with Crippen molar-refractivity contribution < 1.29 is 8.78 Å². The molecule has 1 rings (SSSR count). The number of halogens is 2. The zero-order valence-corrected chi connectivity index (χ0v) is 4.73. The van der Waals surface area contributed by atoms with Crippen molar-refractivity contribution in [2.75, 3.05) is 0 Å². The summed E-state index contributed by atoms with van der Waals surface area (Å²) in [6, 6.07) is 0. The molecular weight excluding hydrogens is 126 g/mol. The molecular formula is C5H4F2N2. The molecule has 0 atom stereocenters. The van der Waals surface area contributed by atoms with Crippen LogP contribution in [0.3, 0.4) is 0 Å². The smallest absolute Gasteiger partial charge is 0.205 e. The first-order valence-corrected chi connectivity index (χ1v) is 2.35. The van der Waals surface area contributed by atoms with Crippen molar-refractivity contribution in [3.05, 3.63) is 23.5 Å². The van der Waals surface area contributed by atoms with Gasteiger partial charge in [0.05, 0.1) is 6.20 Å². The third kappa shape index (κ3) is 1.01. The average Bonchev–Trinajstić information content (AvgIpc) is 1.83. The van der Waals surface area contributed by atoms with E-state index >= 15 is 0 Å². The maximum atomic E-state index is 12.2. The van der Waals surface area contributed by atoms with Crippen LogP contribution in [-0.4, -0.2) is 10.2 Å². The predicted octanol–water partition coefficient (Wildman–Crippen LogP) is 1.06. The molecule has 0 fully saturated rings. The van der Waals surface area contributed by atoms with Gasteiger partial charge in [0, 0.05) is 5.56 Å². The molecule has 1 heterocycles. The summed E-state index contributed by atoms with van der Waals surface area (Å²) >= 11 is 0. The maximum absolute atomic E-state index is 12.2. The normalized spacial score (nSPS) is 9.67. The number of nitrogens with zero attached hydrogens (tertiary/aromatic N) is 2. The second-order valence-electron chi connectivity index (χ2n) is 1.61. The van der Waals surface area contributed by atoms with Gasteiger partial charge < -0.3 is 0 Å². The van der Waals surface area contributed by atoms with Gasteiger partial charge in [-0.15, -0.1) is 5.10 Å². The van der Waals surface area contributed by atoms with E-state index in [-0.39, 0.29) is 5.56 Å². The fourth-order valence-electron chi connectivity index (χ4n) is 0.401. The molecule has 0 spiro atoms. The van der Waals surface area contributed by atoms with E-state index in [9.17, 15) is 8.78 Å². The van der Waals surface area contributed by atoms with Crippen LogP contribution in [0.4, 0.5) is 8.78 Å². The highest BCUT2D eigenvalue weighted by Gasteiger charge is 2.02. The van der Waals surface area contributed by atoms with Crippen LogP contribution in [0, 0.1) is 18.7 Å². The molecule has 4 heteroatoms. The summed E-state index contributed by atoms with van der Waals surface area (Å²) < 4.78 is 24.4. The maximum Gasteiger partial charge on any atom is 0.239 e. The van der Waals surface area contributed by atoms with Crippen LogP contribution in [0.2, 0.25) is 0 Å². The number of aromatic nitrogens is 2. The standard InChI is InChI=1S/C5H4F2N2/c1-3-4(6)2-8-9-5(3)7/h2H,1H3. The molecule has 0 aliphatic heterocycles. The molecule has 0 unspecified atom stereocenters. The Morgan fingerprint density at radius 1 is 1.44 bits per heavy atom. The minimum absolute atomic E-state index is 0.0926. The molecule has 0 saturated heterocycles. The van der Waals surface area contributed by atoms with Crippen LogP contribution in [0.25, 0.3) is 0 Å². The summed E-state index contributed by atoms with van der Waals surface area (Å²) in [7, 11) is 0. The highest BCUT2D eigenvalue weighted by atomic mass is 19.1. The van der Waals surface area contributed by atoms with Crippen molar-refractivity contribution >= 4 is 0 Å². The Balaban J connectivity index is 3.25. The van der Waals surface area contributed by atoms with Gasteiger partial charge in [0.25, 0.3) is 0 Å². The van der Waals surface area contributed by atoms with Crippen LogP contribution in [0.1, 0.15) is 5.56 Å². The minimum atomic E-state index is -0.852. The summed E-state index contributed by atoms with van der Waals surface area (Å²) in [6.45, 7) is 1.30. The summed E-state index contributed by atoms with van der Waals surface area (Å²) in [5.74, 6) is -1.52. The number of rotatable bonds is 0. The molecule has 0 amide bonds. The van der Waals surface area contributed by atoms with E-state index in [4.69, 9.17) is 0 Å². The first kappa shape index (κ1) is 6.07. The first-order chi connectivity index (χ1) is 4.22. The van der Waals surface area contributed by atoms with Crippen LogP contribution < -0.4 is 0 Å². The zero-order chi connectivity index (χ0) is 6.85. The molecule has 0 radical (unpaired) electrons. The van der Waals surface area contributed by atoms with Crippen molar-refractivity contribution in [2.24, 2.45) is 0 Å². The Hall–Kier alpha value is -1.06. The fraction of sp³-hybridized carbons (Fsp3) is 0.200. The Kier molecular flexibility index (Phi) is 1.38. The Morgan fingerprint density at radius 3 is 2.56 bits per heavy atom. The quantitative estimate of drug-likeness (QED) is 0.524. The number of hydrogen-bond donors (Lipinski definition) is 0. The average molecular weight is 130 g/mol. The summed E-state index contributed by atoms with van der Waals surface area (Å²) in [6.07, 6.45) is 0.873. The summed E-state index contributed by atoms with van der Waals surface area (Å²) in [5, 5.41) is 6.03. The SMILES string of the molecule is Cc1c(F)cnnc1F. The Labute approximate surface area is 50.5 Å².